The molecule has 0 aliphatic rings. The Morgan fingerprint density at radius 1 is 1.35 bits per heavy atom. The molecule has 17 heavy (non-hydrogen) atoms. The molecule has 0 aliphatic heterocycles. The zero-order valence-corrected chi connectivity index (χ0v) is 11.4. The molecule has 2 nitrogen and oxygen atoms in total. The van der Waals surface area contributed by atoms with E-state index in [0.717, 1.165) is 17.0 Å². The minimum absolute atomic E-state index is 0.0955. The number of nitrogens with zero attached hydrogens (tertiary/aromatic N) is 1. The molecule has 0 bridgehead atoms. The SMILES string of the molecule is Cc1c(Cl)c2ccccn2c1CC(C)(C)CN. The number of fused-ring (bicyclic) bond motifs is 1. The van der Waals surface area contributed by atoms with E-state index in [1.165, 1.54) is 11.3 Å². The van der Waals surface area contributed by atoms with Gasteiger partial charge in [-0.15, -0.1) is 0 Å². The van der Waals surface area contributed by atoms with Gasteiger partial charge in [-0.1, -0.05) is 31.5 Å². The van der Waals surface area contributed by atoms with Crippen LogP contribution in [0.2, 0.25) is 5.02 Å². The summed E-state index contributed by atoms with van der Waals surface area (Å²) < 4.78 is 2.18. The van der Waals surface area contributed by atoms with Crippen LogP contribution in [0, 0.1) is 12.3 Å². The molecule has 0 saturated heterocycles. The Labute approximate surface area is 107 Å². The number of rotatable bonds is 3. The molecule has 2 heterocycles. The van der Waals surface area contributed by atoms with E-state index in [2.05, 4.69) is 31.4 Å². The molecular weight excluding hydrogens is 232 g/mol. The molecular formula is C14H19ClN2. The summed E-state index contributed by atoms with van der Waals surface area (Å²) in [6.07, 6.45) is 3.00. The molecule has 2 aromatic rings. The normalized spacial score (nSPS) is 12.3. The predicted octanol–water partition coefficient (Wildman–Crippen LogP) is 3.43. The van der Waals surface area contributed by atoms with E-state index >= 15 is 0 Å². The molecule has 3 heteroatoms. The highest BCUT2D eigenvalue weighted by atomic mass is 35.5. The summed E-state index contributed by atoms with van der Waals surface area (Å²) in [7, 11) is 0. The van der Waals surface area contributed by atoms with Crippen LogP contribution in [-0.2, 0) is 6.42 Å². The molecule has 0 amide bonds. The van der Waals surface area contributed by atoms with Gasteiger partial charge in [0.05, 0.1) is 10.5 Å². The largest absolute Gasteiger partial charge is 0.330 e. The summed E-state index contributed by atoms with van der Waals surface area (Å²) >= 11 is 6.37. The molecule has 0 atom stereocenters. The first-order valence-electron chi connectivity index (χ1n) is 5.90. The van der Waals surface area contributed by atoms with E-state index in [9.17, 15) is 0 Å². The summed E-state index contributed by atoms with van der Waals surface area (Å²) in [4.78, 5) is 0. The summed E-state index contributed by atoms with van der Waals surface area (Å²) in [5.41, 5.74) is 9.42. The van der Waals surface area contributed by atoms with E-state index in [1.54, 1.807) is 0 Å². The van der Waals surface area contributed by atoms with Crippen molar-refractivity contribution in [2.45, 2.75) is 27.2 Å². The van der Waals surface area contributed by atoms with Gasteiger partial charge >= 0.3 is 0 Å². The van der Waals surface area contributed by atoms with Crippen LogP contribution in [0.25, 0.3) is 5.52 Å². The third-order valence-corrected chi connectivity index (χ3v) is 3.81. The van der Waals surface area contributed by atoms with Gasteiger partial charge in [0.25, 0.3) is 0 Å². The standard InChI is InChI=1S/C14H19ClN2/c1-10-12(8-14(2,3)9-16)17-7-5-4-6-11(17)13(10)15/h4-7H,8-9,16H2,1-3H3. The van der Waals surface area contributed by atoms with Gasteiger partial charge in [0.2, 0.25) is 0 Å². The first-order chi connectivity index (χ1) is 7.96. The molecule has 2 N–H and O–H groups in total. The molecule has 0 aliphatic carbocycles. The first kappa shape index (κ1) is 12.5. The molecule has 0 spiro atoms. The number of hydrogen-bond donors (Lipinski definition) is 1. The second kappa shape index (κ2) is 4.35. The Bertz CT molecular complexity index is 540. The van der Waals surface area contributed by atoms with Crippen LogP contribution in [0.5, 0.6) is 0 Å². The molecule has 0 fully saturated rings. The molecule has 0 radical (unpaired) electrons. The lowest BCUT2D eigenvalue weighted by Crippen LogP contribution is -2.26. The lowest BCUT2D eigenvalue weighted by atomic mass is 9.87. The Balaban J connectivity index is 2.57. The van der Waals surface area contributed by atoms with Crippen molar-refractivity contribution in [3.63, 3.8) is 0 Å². The zero-order valence-electron chi connectivity index (χ0n) is 10.6. The lowest BCUT2D eigenvalue weighted by molar-refractivity contribution is 0.371. The fraction of sp³-hybridized carbons (Fsp3) is 0.429. The van der Waals surface area contributed by atoms with Crippen LogP contribution in [0.4, 0.5) is 0 Å². The Morgan fingerprint density at radius 3 is 2.71 bits per heavy atom. The second-order valence-electron chi connectivity index (χ2n) is 5.39. The van der Waals surface area contributed by atoms with Crippen molar-refractivity contribution in [2.24, 2.45) is 11.1 Å². The monoisotopic (exact) mass is 250 g/mol. The quantitative estimate of drug-likeness (QED) is 0.889. The summed E-state index contributed by atoms with van der Waals surface area (Å²) in [6.45, 7) is 7.12. The molecule has 2 rings (SSSR count). The maximum absolute atomic E-state index is 6.37. The van der Waals surface area contributed by atoms with E-state index in [1.807, 2.05) is 18.2 Å². The van der Waals surface area contributed by atoms with Gasteiger partial charge in [0, 0.05) is 11.9 Å². The van der Waals surface area contributed by atoms with Gasteiger partial charge in [-0.3, -0.25) is 0 Å². The fourth-order valence-corrected chi connectivity index (χ4v) is 2.36. The van der Waals surface area contributed by atoms with Gasteiger partial charge in [-0.2, -0.15) is 0 Å². The van der Waals surface area contributed by atoms with Crippen molar-refractivity contribution >= 4 is 17.1 Å². The predicted molar refractivity (Wildman–Crippen MR) is 73.7 cm³/mol. The third-order valence-electron chi connectivity index (χ3n) is 3.34. The Hall–Kier alpha value is -0.990. The van der Waals surface area contributed by atoms with Gasteiger partial charge in [-0.05, 0) is 43.0 Å². The highest BCUT2D eigenvalue weighted by Crippen LogP contribution is 2.31. The highest BCUT2D eigenvalue weighted by molar-refractivity contribution is 6.34. The summed E-state index contributed by atoms with van der Waals surface area (Å²) in [6, 6.07) is 6.09. The van der Waals surface area contributed by atoms with E-state index in [0.29, 0.717) is 6.54 Å². The maximum atomic E-state index is 6.37. The van der Waals surface area contributed by atoms with Crippen molar-refractivity contribution in [2.75, 3.05) is 6.54 Å². The number of aromatic nitrogens is 1. The molecule has 92 valence electrons. The number of hydrogen-bond acceptors (Lipinski definition) is 1. The van der Waals surface area contributed by atoms with E-state index in [4.69, 9.17) is 17.3 Å². The van der Waals surface area contributed by atoms with Gasteiger partial charge in [-0.25, -0.2) is 0 Å². The zero-order chi connectivity index (χ0) is 12.6. The van der Waals surface area contributed by atoms with Crippen molar-refractivity contribution < 1.29 is 0 Å². The summed E-state index contributed by atoms with van der Waals surface area (Å²) in [5.74, 6) is 0. The van der Waals surface area contributed by atoms with Crippen LogP contribution in [0.1, 0.15) is 25.1 Å². The molecule has 0 saturated carbocycles. The van der Waals surface area contributed by atoms with Crippen LogP contribution in [0.3, 0.4) is 0 Å². The smallest absolute Gasteiger partial charge is 0.0693 e. The molecule has 0 aromatic carbocycles. The third kappa shape index (κ3) is 2.20. The fourth-order valence-electron chi connectivity index (χ4n) is 2.10. The minimum atomic E-state index is 0.0955. The van der Waals surface area contributed by atoms with Crippen molar-refractivity contribution in [1.29, 1.82) is 0 Å². The minimum Gasteiger partial charge on any atom is -0.330 e. The Kier molecular flexibility index (Phi) is 3.19. The average Bonchev–Trinajstić information content (AvgIpc) is 2.55. The summed E-state index contributed by atoms with van der Waals surface area (Å²) in [5, 5.41) is 0.855. The van der Waals surface area contributed by atoms with Crippen LogP contribution < -0.4 is 5.73 Å². The van der Waals surface area contributed by atoms with Crippen LogP contribution in [-0.4, -0.2) is 10.9 Å². The number of pyridine rings is 1. The molecule has 2 aromatic heterocycles. The molecule has 0 unspecified atom stereocenters. The number of nitrogens with two attached hydrogens (primary N) is 1. The Morgan fingerprint density at radius 2 is 2.06 bits per heavy atom. The average molecular weight is 251 g/mol. The van der Waals surface area contributed by atoms with Crippen LogP contribution in [0.15, 0.2) is 24.4 Å². The van der Waals surface area contributed by atoms with Crippen LogP contribution >= 0.6 is 11.6 Å². The first-order valence-corrected chi connectivity index (χ1v) is 6.28. The van der Waals surface area contributed by atoms with Gasteiger partial charge in [0.15, 0.2) is 0 Å². The number of halogens is 1. The van der Waals surface area contributed by atoms with Gasteiger partial charge < -0.3 is 10.1 Å². The highest BCUT2D eigenvalue weighted by Gasteiger charge is 2.21. The topological polar surface area (TPSA) is 30.4 Å². The van der Waals surface area contributed by atoms with Crippen molar-refractivity contribution in [3.05, 3.63) is 40.7 Å². The van der Waals surface area contributed by atoms with Crippen molar-refractivity contribution in [1.82, 2.24) is 4.40 Å². The van der Waals surface area contributed by atoms with E-state index in [-0.39, 0.29) is 5.41 Å². The second-order valence-corrected chi connectivity index (χ2v) is 5.76. The maximum Gasteiger partial charge on any atom is 0.0693 e. The van der Waals surface area contributed by atoms with Crippen molar-refractivity contribution in [3.8, 4) is 0 Å². The van der Waals surface area contributed by atoms with E-state index < -0.39 is 0 Å². The van der Waals surface area contributed by atoms with Gasteiger partial charge in [0.1, 0.15) is 0 Å². The lowest BCUT2D eigenvalue weighted by Gasteiger charge is -2.22.